The van der Waals surface area contributed by atoms with Gasteiger partial charge >= 0.3 is 0 Å². The quantitative estimate of drug-likeness (QED) is 0.462. The van der Waals surface area contributed by atoms with Crippen molar-refractivity contribution in [2.75, 3.05) is 0 Å². The Labute approximate surface area is 51.9 Å². The summed E-state index contributed by atoms with van der Waals surface area (Å²) in [5.74, 6) is 0.454. The van der Waals surface area contributed by atoms with Gasteiger partial charge in [0.05, 0.1) is 0 Å². The van der Waals surface area contributed by atoms with Crippen LogP contribution in [-0.4, -0.2) is 5.78 Å². The van der Waals surface area contributed by atoms with E-state index in [4.69, 9.17) is 2.74 Å². The van der Waals surface area contributed by atoms with Crippen LogP contribution in [-0.2, 0) is 4.79 Å². The molecule has 0 aromatic heterocycles. The lowest BCUT2D eigenvalue weighted by molar-refractivity contribution is -0.123. The zero-order chi connectivity index (χ0) is 7.35. The maximum absolute atomic E-state index is 11.0. The highest BCUT2D eigenvalue weighted by Crippen LogP contribution is 2.44. The molecule has 0 radical (unpaired) electrons. The second-order valence-corrected chi connectivity index (χ2v) is 2.63. The molecule has 2 aliphatic carbocycles. The molecule has 0 spiro atoms. The molecular formula is C7H10O. The van der Waals surface area contributed by atoms with Gasteiger partial charge in [0.1, 0.15) is 5.78 Å². The maximum atomic E-state index is 11.0. The fourth-order valence-corrected chi connectivity index (χ4v) is 1.53. The third kappa shape index (κ3) is 0.396. The van der Waals surface area contributed by atoms with Gasteiger partial charge in [-0.05, 0) is 25.1 Å². The zero-order valence-electron chi connectivity index (χ0n) is 6.68. The van der Waals surface area contributed by atoms with E-state index in [1.54, 1.807) is 0 Å². The Kier molecular flexibility index (Phi) is 0.500. The van der Waals surface area contributed by atoms with E-state index < -0.39 is 6.37 Å². The predicted molar refractivity (Wildman–Crippen MR) is 30.5 cm³/mol. The molecule has 2 saturated carbocycles. The van der Waals surface area contributed by atoms with E-state index in [-0.39, 0.29) is 11.8 Å². The van der Waals surface area contributed by atoms with Crippen LogP contribution >= 0.6 is 0 Å². The van der Waals surface area contributed by atoms with Gasteiger partial charge in [0.2, 0.25) is 0 Å². The molecule has 1 nitrogen and oxygen atoms in total. The van der Waals surface area contributed by atoms with Crippen LogP contribution in [0, 0.1) is 11.8 Å². The van der Waals surface area contributed by atoms with Crippen LogP contribution in [0.3, 0.4) is 0 Å². The summed E-state index contributed by atoms with van der Waals surface area (Å²) in [5, 5.41) is 0. The lowest BCUT2D eigenvalue weighted by atomic mass is 9.76. The van der Waals surface area contributed by atoms with E-state index in [2.05, 4.69) is 0 Å². The molecule has 8 heavy (non-hydrogen) atoms. The number of hydrogen-bond acceptors (Lipinski definition) is 1. The van der Waals surface area contributed by atoms with Crippen LogP contribution in [0.2, 0.25) is 0 Å². The number of rotatable bonds is 0. The standard InChI is InChI=1S/C7H10O/c8-7-4-2-5-1-3-6(5)7/h5-6H,1-4H2/t5-,6-/m1/s1/i1D2. The molecule has 0 saturated heterocycles. The molecule has 0 N–H and O–H groups in total. The number of carbonyl (C=O) groups excluding carboxylic acids is 1. The van der Waals surface area contributed by atoms with Crippen LogP contribution in [0.5, 0.6) is 0 Å². The average Bonchev–Trinajstić information content (AvgIpc) is 2.09. The molecule has 0 heterocycles. The number of fused-ring (bicyclic) bond motifs is 1. The Morgan fingerprint density at radius 3 is 3.00 bits per heavy atom. The van der Waals surface area contributed by atoms with Gasteiger partial charge in [-0.2, -0.15) is 0 Å². The molecule has 2 aliphatic rings. The van der Waals surface area contributed by atoms with E-state index in [1.165, 1.54) is 0 Å². The van der Waals surface area contributed by atoms with Gasteiger partial charge in [-0.15, -0.1) is 0 Å². The summed E-state index contributed by atoms with van der Waals surface area (Å²) < 4.78 is 14.8. The van der Waals surface area contributed by atoms with Crippen molar-refractivity contribution in [1.29, 1.82) is 0 Å². The third-order valence-corrected chi connectivity index (χ3v) is 2.20. The van der Waals surface area contributed by atoms with Crippen molar-refractivity contribution in [3.8, 4) is 0 Å². The summed E-state index contributed by atoms with van der Waals surface area (Å²) in [6.07, 6.45) is 0.874. The Hall–Kier alpha value is -0.330. The monoisotopic (exact) mass is 112 g/mol. The first kappa shape index (κ1) is 3.00. The summed E-state index contributed by atoms with van der Waals surface area (Å²) in [4.78, 5) is 11.0. The largest absolute Gasteiger partial charge is 0.299 e. The first-order valence-electron chi connectivity index (χ1n) is 4.14. The van der Waals surface area contributed by atoms with Gasteiger partial charge in [0.15, 0.2) is 0 Å². The summed E-state index contributed by atoms with van der Waals surface area (Å²) in [5.41, 5.74) is 0. The summed E-state index contributed by atoms with van der Waals surface area (Å²) in [7, 11) is 0. The minimum absolute atomic E-state index is 0.0694. The topological polar surface area (TPSA) is 17.1 Å². The SMILES string of the molecule is [2H]C1([2H])C[C@H]2C(=O)CC[C@H]21. The molecule has 2 rings (SSSR count). The van der Waals surface area contributed by atoms with Crippen molar-refractivity contribution in [2.45, 2.75) is 25.6 Å². The minimum Gasteiger partial charge on any atom is -0.299 e. The molecular weight excluding hydrogens is 100 g/mol. The smallest absolute Gasteiger partial charge is 0.136 e. The van der Waals surface area contributed by atoms with Crippen LogP contribution in [0.15, 0.2) is 0 Å². The number of carbonyl (C=O) groups is 1. The second kappa shape index (κ2) is 1.34. The van der Waals surface area contributed by atoms with Crippen molar-refractivity contribution in [1.82, 2.24) is 0 Å². The highest BCUT2D eigenvalue weighted by Gasteiger charge is 2.40. The van der Waals surface area contributed by atoms with E-state index in [0.29, 0.717) is 18.6 Å². The lowest BCUT2D eigenvalue weighted by Gasteiger charge is -2.27. The van der Waals surface area contributed by atoms with Gasteiger partial charge in [-0.1, -0.05) is 0 Å². The van der Waals surface area contributed by atoms with E-state index in [0.717, 1.165) is 6.42 Å². The average molecular weight is 112 g/mol. The maximum Gasteiger partial charge on any atom is 0.136 e. The Balaban J connectivity index is 2.16. The summed E-state index contributed by atoms with van der Waals surface area (Å²) in [6.45, 7) is 0. The normalized spacial score (nSPS) is 53.8. The highest BCUT2D eigenvalue weighted by molar-refractivity contribution is 5.84. The number of Topliss-reactive ketones (excluding diaryl/α,β-unsaturated/α-hetero) is 1. The van der Waals surface area contributed by atoms with Crippen LogP contribution in [0.1, 0.15) is 28.4 Å². The molecule has 0 unspecified atom stereocenters. The molecule has 0 amide bonds. The first-order valence-corrected chi connectivity index (χ1v) is 3.14. The molecule has 0 aromatic carbocycles. The third-order valence-electron chi connectivity index (χ3n) is 2.20. The summed E-state index contributed by atoms with van der Waals surface area (Å²) in [6, 6.07) is 0. The Morgan fingerprint density at radius 1 is 1.62 bits per heavy atom. The van der Waals surface area contributed by atoms with Crippen LogP contribution < -0.4 is 0 Å². The van der Waals surface area contributed by atoms with E-state index >= 15 is 0 Å². The molecule has 0 aromatic rings. The van der Waals surface area contributed by atoms with E-state index in [9.17, 15) is 4.79 Å². The fraction of sp³-hybridized carbons (Fsp3) is 0.857. The van der Waals surface area contributed by atoms with Gasteiger partial charge in [-0.3, -0.25) is 4.79 Å². The molecule has 0 aliphatic heterocycles. The van der Waals surface area contributed by atoms with Gasteiger partial charge in [0, 0.05) is 15.1 Å². The zero-order valence-corrected chi connectivity index (χ0v) is 4.68. The summed E-state index contributed by atoms with van der Waals surface area (Å²) >= 11 is 0. The van der Waals surface area contributed by atoms with Gasteiger partial charge in [0.25, 0.3) is 0 Å². The highest BCUT2D eigenvalue weighted by atomic mass is 16.1. The molecule has 1 heteroatoms. The minimum atomic E-state index is -1.02. The van der Waals surface area contributed by atoms with Crippen molar-refractivity contribution in [3.05, 3.63) is 0 Å². The molecule has 0 bridgehead atoms. The fourth-order valence-electron chi connectivity index (χ4n) is 1.53. The molecule has 2 atom stereocenters. The van der Waals surface area contributed by atoms with E-state index in [1.807, 2.05) is 0 Å². The van der Waals surface area contributed by atoms with Crippen molar-refractivity contribution in [2.24, 2.45) is 11.8 Å². The van der Waals surface area contributed by atoms with Crippen molar-refractivity contribution < 1.29 is 7.54 Å². The predicted octanol–water partition coefficient (Wildman–Crippen LogP) is 1.38. The van der Waals surface area contributed by atoms with Crippen molar-refractivity contribution >= 4 is 5.78 Å². The number of hydrogen-bond donors (Lipinski definition) is 0. The van der Waals surface area contributed by atoms with Crippen LogP contribution in [0.25, 0.3) is 0 Å². The Morgan fingerprint density at radius 2 is 2.50 bits per heavy atom. The lowest BCUT2D eigenvalue weighted by Crippen LogP contribution is -2.24. The second-order valence-electron chi connectivity index (χ2n) is 2.63. The van der Waals surface area contributed by atoms with Gasteiger partial charge in [-0.25, -0.2) is 0 Å². The van der Waals surface area contributed by atoms with Crippen LogP contribution in [0.4, 0.5) is 0 Å². The van der Waals surface area contributed by atoms with Crippen molar-refractivity contribution in [3.63, 3.8) is 0 Å². The Bertz CT molecular complexity index is 188. The van der Waals surface area contributed by atoms with Gasteiger partial charge < -0.3 is 0 Å². The first-order chi connectivity index (χ1) is 4.61. The number of ketones is 1. The molecule has 44 valence electrons. The molecule has 2 fully saturated rings.